The highest BCUT2D eigenvalue weighted by molar-refractivity contribution is 6.31. The maximum Gasteiger partial charge on any atom is 0.0474 e. The summed E-state index contributed by atoms with van der Waals surface area (Å²) in [6.45, 7) is 2.97. The van der Waals surface area contributed by atoms with E-state index < -0.39 is 0 Å². The van der Waals surface area contributed by atoms with E-state index in [4.69, 9.17) is 11.6 Å². The Bertz CT molecular complexity index is 460. The van der Waals surface area contributed by atoms with Crippen molar-refractivity contribution in [1.29, 1.82) is 0 Å². The van der Waals surface area contributed by atoms with Crippen molar-refractivity contribution in [3.05, 3.63) is 34.5 Å². The first kappa shape index (κ1) is 9.56. The summed E-state index contributed by atoms with van der Waals surface area (Å²) in [6.07, 6.45) is 0. The van der Waals surface area contributed by atoms with E-state index in [0.717, 1.165) is 17.1 Å². The monoisotopic (exact) mass is 208 g/mol. The Morgan fingerprint density at radius 1 is 1.43 bits per heavy atom. The van der Waals surface area contributed by atoms with Crippen molar-refractivity contribution in [3.8, 4) is 0 Å². The third-order valence-corrected chi connectivity index (χ3v) is 2.67. The third-order valence-electron chi connectivity index (χ3n) is 2.44. The zero-order valence-electron chi connectivity index (χ0n) is 8.32. The molecular weight excluding hydrogens is 196 g/mol. The van der Waals surface area contributed by atoms with Crippen molar-refractivity contribution in [2.45, 2.75) is 13.5 Å². The number of aryl methyl sites for hydroxylation is 1. The summed E-state index contributed by atoms with van der Waals surface area (Å²) < 4.78 is 0. The van der Waals surface area contributed by atoms with Crippen molar-refractivity contribution in [1.82, 2.24) is 10.3 Å². The standard InChI is InChI=1S/C11H13ClN2/c1-7-10(6-13-2)9-4-3-8(12)5-11(9)14-7/h3-5,13-14H,6H2,1-2H3. The normalized spacial score (nSPS) is 11.1. The van der Waals surface area contributed by atoms with Gasteiger partial charge in [-0.2, -0.15) is 0 Å². The topological polar surface area (TPSA) is 27.8 Å². The van der Waals surface area contributed by atoms with Gasteiger partial charge in [0.15, 0.2) is 0 Å². The van der Waals surface area contributed by atoms with Crippen LogP contribution in [0.4, 0.5) is 0 Å². The van der Waals surface area contributed by atoms with E-state index in [-0.39, 0.29) is 0 Å². The number of H-pyrrole nitrogens is 1. The average molecular weight is 209 g/mol. The lowest BCUT2D eigenvalue weighted by Gasteiger charge is -1.99. The molecule has 2 aromatic rings. The molecule has 1 aromatic heterocycles. The first-order valence-electron chi connectivity index (χ1n) is 4.63. The largest absolute Gasteiger partial charge is 0.358 e. The lowest BCUT2D eigenvalue weighted by Crippen LogP contribution is -2.05. The molecule has 1 heterocycles. The second kappa shape index (κ2) is 3.64. The molecule has 0 aliphatic rings. The number of hydrogen-bond donors (Lipinski definition) is 2. The molecule has 0 aliphatic heterocycles. The fourth-order valence-electron chi connectivity index (χ4n) is 1.77. The van der Waals surface area contributed by atoms with E-state index in [1.54, 1.807) is 0 Å². The minimum absolute atomic E-state index is 0.773. The van der Waals surface area contributed by atoms with Crippen LogP contribution < -0.4 is 5.32 Å². The molecule has 0 atom stereocenters. The van der Waals surface area contributed by atoms with Gasteiger partial charge in [0, 0.05) is 28.2 Å². The molecule has 0 aliphatic carbocycles. The molecule has 0 radical (unpaired) electrons. The minimum atomic E-state index is 0.773. The second-order valence-corrected chi connectivity index (χ2v) is 3.89. The Kier molecular flexibility index (Phi) is 2.48. The zero-order chi connectivity index (χ0) is 10.1. The van der Waals surface area contributed by atoms with Gasteiger partial charge >= 0.3 is 0 Å². The van der Waals surface area contributed by atoms with Crippen molar-refractivity contribution in [2.24, 2.45) is 0 Å². The lowest BCUT2D eigenvalue weighted by molar-refractivity contribution is 0.817. The number of benzene rings is 1. The van der Waals surface area contributed by atoms with Crippen LogP contribution in [0.15, 0.2) is 18.2 Å². The molecule has 0 unspecified atom stereocenters. The van der Waals surface area contributed by atoms with E-state index >= 15 is 0 Å². The molecule has 0 saturated carbocycles. The first-order valence-corrected chi connectivity index (χ1v) is 5.01. The molecule has 14 heavy (non-hydrogen) atoms. The Labute approximate surface area is 88.3 Å². The van der Waals surface area contributed by atoms with Crippen LogP contribution in [0.2, 0.25) is 5.02 Å². The number of aromatic amines is 1. The maximum absolute atomic E-state index is 5.92. The molecule has 0 bridgehead atoms. The van der Waals surface area contributed by atoms with Crippen molar-refractivity contribution >= 4 is 22.5 Å². The van der Waals surface area contributed by atoms with Gasteiger partial charge in [0.2, 0.25) is 0 Å². The average Bonchev–Trinajstić information content (AvgIpc) is 2.43. The van der Waals surface area contributed by atoms with E-state index in [1.807, 2.05) is 19.2 Å². The van der Waals surface area contributed by atoms with Crippen LogP contribution in [0.1, 0.15) is 11.3 Å². The van der Waals surface area contributed by atoms with Gasteiger partial charge < -0.3 is 10.3 Å². The molecule has 2 rings (SSSR count). The minimum Gasteiger partial charge on any atom is -0.358 e. The van der Waals surface area contributed by atoms with Gasteiger partial charge in [-0.05, 0) is 31.7 Å². The summed E-state index contributed by atoms with van der Waals surface area (Å²) >= 11 is 5.92. The summed E-state index contributed by atoms with van der Waals surface area (Å²) in [5.41, 5.74) is 3.64. The fourth-order valence-corrected chi connectivity index (χ4v) is 1.94. The van der Waals surface area contributed by atoms with Crippen LogP contribution in [-0.2, 0) is 6.54 Å². The number of nitrogens with one attached hydrogen (secondary N) is 2. The summed E-state index contributed by atoms with van der Waals surface area (Å²) in [5, 5.41) is 5.19. The van der Waals surface area contributed by atoms with E-state index in [0.29, 0.717) is 0 Å². The fraction of sp³-hybridized carbons (Fsp3) is 0.273. The van der Waals surface area contributed by atoms with Crippen molar-refractivity contribution in [3.63, 3.8) is 0 Å². The molecule has 3 heteroatoms. The van der Waals surface area contributed by atoms with E-state index in [2.05, 4.69) is 23.3 Å². The SMILES string of the molecule is CNCc1c(C)[nH]c2cc(Cl)ccc12. The Balaban J connectivity index is 2.64. The molecule has 2 nitrogen and oxygen atoms in total. The lowest BCUT2D eigenvalue weighted by atomic mass is 10.1. The predicted octanol–water partition coefficient (Wildman–Crippen LogP) is 2.85. The number of hydrogen-bond acceptors (Lipinski definition) is 1. The predicted molar refractivity (Wildman–Crippen MR) is 60.8 cm³/mol. The van der Waals surface area contributed by atoms with Crippen molar-refractivity contribution in [2.75, 3.05) is 7.05 Å². The summed E-state index contributed by atoms with van der Waals surface area (Å²) in [5.74, 6) is 0. The number of halogens is 1. The summed E-state index contributed by atoms with van der Waals surface area (Å²) in [4.78, 5) is 3.33. The van der Waals surface area contributed by atoms with Crippen LogP contribution in [0.3, 0.4) is 0 Å². The number of fused-ring (bicyclic) bond motifs is 1. The van der Waals surface area contributed by atoms with Crippen LogP contribution in [-0.4, -0.2) is 12.0 Å². The zero-order valence-corrected chi connectivity index (χ0v) is 9.07. The van der Waals surface area contributed by atoms with Gasteiger partial charge in [0.1, 0.15) is 0 Å². The highest BCUT2D eigenvalue weighted by Gasteiger charge is 2.06. The Morgan fingerprint density at radius 3 is 2.93 bits per heavy atom. The first-order chi connectivity index (χ1) is 6.72. The van der Waals surface area contributed by atoms with Gasteiger partial charge in [-0.1, -0.05) is 17.7 Å². The summed E-state index contributed by atoms with van der Waals surface area (Å²) in [7, 11) is 1.95. The quantitative estimate of drug-likeness (QED) is 0.781. The van der Waals surface area contributed by atoms with Crippen LogP contribution in [0.5, 0.6) is 0 Å². The van der Waals surface area contributed by atoms with Crippen LogP contribution in [0.25, 0.3) is 10.9 Å². The maximum atomic E-state index is 5.92. The van der Waals surface area contributed by atoms with Crippen molar-refractivity contribution < 1.29 is 0 Å². The van der Waals surface area contributed by atoms with Crippen LogP contribution in [0, 0.1) is 6.92 Å². The Morgan fingerprint density at radius 2 is 2.21 bits per heavy atom. The molecule has 2 N–H and O–H groups in total. The van der Waals surface area contributed by atoms with Gasteiger partial charge in [-0.3, -0.25) is 0 Å². The summed E-state index contributed by atoms with van der Waals surface area (Å²) in [6, 6.07) is 5.95. The van der Waals surface area contributed by atoms with Gasteiger partial charge in [-0.25, -0.2) is 0 Å². The molecule has 0 fully saturated rings. The molecular formula is C11H13ClN2. The third kappa shape index (κ3) is 1.51. The number of rotatable bonds is 2. The molecule has 0 amide bonds. The van der Waals surface area contributed by atoms with Gasteiger partial charge in [0.05, 0.1) is 0 Å². The number of aromatic nitrogens is 1. The molecule has 0 spiro atoms. The molecule has 0 saturated heterocycles. The second-order valence-electron chi connectivity index (χ2n) is 3.45. The van der Waals surface area contributed by atoms with Gasteiger partial charge in [-0.15, -0.1) is 0 Å². The molecule has 74 valence electrons. The molecule has 1 aromatic carbocycles. The Hall–Kier alpha value is -0.990. The van der Waals surface area contributed by atoms with E-state index in [9.17, 15) is 0 Å². The van der Waals surface area contributed by atoms with Crippen LogP contribution >= 0.6 is 11.6 Å². The highest BCUT2D eigenvalue weighted by atomic mass is 35.5. The van der Waals surface area contributed by atoms with Gasteiger partial charge in [0.25, 0.3) is 0 Å². The van der Waals surface area contributed by atoms with E-state index in [1.165, 1.54) is 16.6 Å². The smallest absolute Gasteiger partial charge is 0.0474 e. The highest BCUT2D eigenvalue weighted by Crippen LogP contribution is 2.24.